The van der Waals surface area contributed by atoms with E-state index >= 15 is 0 Å². The number of rotatable bonds is 4. The highest BCUT2D eigenvalue weighted by atomic mass is 79.9. The van der Waals surface area contributed by atoms with E-state index in [-0.39, 0.29) is 0 Å². The average molecular weight is 352 g/mol. The van der Waals surface area contributed by atoms with Crippen molar-refractivity contribution in [2.24, 2.45) is 7.05 Å². The molecule has 0 aliphatic rings. The third-order valence-electron chi connectivity index (χ3n) is 3.17. The van der Waals surface area contributed by atoms with Gasteiger partial charge in [0, 0.05) is 18.5 Å². The summed E-state index contributed by atoms with van der Waals surface area (Å²) >= 11 is 5.27. The predicted octanol–water partition coefficient (Wildman–Crippen LogP) is 3.21. The Labute approximate surface area is 129 Å². The molecule has 3 aromatic rings. The number of hydrogen-bond acceptors (Lipinski definition) is 5. The van der Waals surface area contributed by atoms with Gasteiger partial charge >= 0.3 is 0 Å². The number of aromatic nitrogens is 4. The summed E-state index contributed by atoms with van der Waals surface area (Å²) in [7, 11) is 1.89. The smallest absolute Gasteiger partial charge is 0.164 e. The highest BCUT2D eigenvalue weighted by Gasteiger charge is 2.17. The maximum Gasteiger partial charge on any atom is 0.164 e. The summed E-state index contributed by atoms with van der Waals surface area (Å²) in [4.78, 5) is 12.3. The van der Waals surface area contributed by atoms with Gasteiger partial charge in [-0.3, -0.25) is 0 Å². The molecule has 0 aliphatic heterocycles. The molecule has 104 valence electrons. The zero-order valence-electron chi connectivity index (χ0n) is 11.2. The Balaban J connectivity index is 2.07. The molecule has 3 heterocycles. The number of aryl methyl sites for hydroxylation is 1. The summed E-state index contributed by atoms with van der Waals surface area (Å²) in [6.45, 7) is 3.86. The molecular weight excluding hydrogens is 338 g/mol. The van der Waals surface area contributed by atoms with Crippen molar-refractivity contribution in [1.82, 2.24) is 19.7 Å². The Hall–Kier alpha value is -1.47. The van der Waals surface area contributed by atoms with Gasteiger partial charge in [-0.2, -0.15) is 5.10 Å². The van der Waals surface area contributed by atoms with Crippen LogP contribution in [0.15, 0.2) is 28.4 Å². The molecule has 0 N–H and O–H groups in total. The van der Waals surface area contributed by atoms with Crippen LogP contribution in [0.1, 0.15) is 11.8 Å². The number of halogens is 1. The first-order valence-electron chi connectivity index (χ1n) is 6.31. The van der Waals surface area contributed by atoms with Gasteiger partial charge < -0.3 is 4.90 Å². The van der Waals surface area contributed by atoms with Crippen LogP contribution in [0, 0.1) is 0 Å². The first-order valence-corrected chi connectivity index (χ1v) is 7.98. The summed E-state index contributed by atoms with van der Waals surface area (Å²) in [5.74, 6) is 0.922. The molecule has 0 aliphatic carbocycles. The minimum Gasteiger partial charge on any atom is -0.351 e. The van der Waals surface area contributed by atoms with Gasteiger partial charge in [-0.1, -0.05) is 6.07 Å². The fourth-order valence-electron chi connectivity index (χ4n) is 2.19. The topological polar surface area (TPSA) is 46.8 Å². The maximum absolute atomic E-state index is 4.47. The molecule has 0 radical (unpaired) electrons. The van der Waals surface area contributed by atoms with E-state index in [0.29, 0.717) is 0 Å². The van der Waals surface area contributed by atoms with E-state index in [2.05, 4.69) is 60.3 Å². The Morgan fingerprint density at radius 2 is 2.25 bits per heavy atom. The largest absolute Gasteiger partial charge is 0.351 e. The van der Waals surface area contributed by atoms with Crippen molar-refractivity contribution in [2.75, 3.05) is 11.4 Å². The van der Waals surface area contributed by atoms with Crippen molar-refractivity contribution in [3.63, 3.8) is 0 Å². The van der Waals surface area contributed by atoms with Crippen LogP contribution in [0.2, 0.25) is 0 Å². The van der Waals surface area contributed by atoms with Gasteiger partial charge in [0.05, 0.1) is 11.9 Å². The zero-order chi connectivity index (χ0) is 14.1. The van der Waals surface area contributed by atoms with Crippen LogP contribution in [0.4, 0.5) is 5.82 Å². The zero-order valence-corrected chi connectivity index (χ0v) is 13.6. The summed E-state index contributed by atoms with van der Waals surface area (Å²) in [5.41, 5.74) is 0.839. The lowest BCUT2D eigenvalue weighted by molar-refractivity contribution is 0.777. The summed E-state index contributed by atoms with van der Waals surface area (Å²) in [6.07, 6.45) is 1.60. The molecule has 0 saturated heterocycles. The van der Waals surface area contributed by atoms with Gasteiger partial charge in [0.25, 0.3) is 0 Å². The molecule has 3 rings (SSSR count). The van der Waals surface area contributed by atoms with Gasteiger partial charge in [0.2, 0.25) is 0 Å². The van der Waals surface area contributed by atoms with Crippen LogP contribution in [-0.4, -0.2) is 26.3 Å². The molecule has 0 atom stereocenters. The lowest BCUT2D eigenvalue weighted by atomic mass is 10.3. The maximum atomic E-state index is 4.47. The average Bonchev–Trinajstić information content (AvgIpc) is 3.05. The molecular formula is C13H14BrN5S. The van der Waals surface area contributed by atoms with Gasteiger partial charge in [-0.15, -0.1) is 11.3 Å². The van der Waals surface area contributed by atoms with E-state index < -0.39 is 0 Å². The summed E-state index contributed by atoms with van der Waals surface area (Å²) in [6, 6.07) is 4.22. The lowest BCUT2D eigenvalue weighted by Crippen LogP contribution is -2.23. The molecule has 3 aromatic heterocycles. The first kappa shape index (κ1) is 13.5. The number of nitrogens with zero attached hydrogens (tertiary/aromatic N) is 5. The van der Waals surface area contributed by atoms with Crippen molar-refractivity contribution >= 4 is 44.1 Å². The Morgan fingerprint density at radius 1 is 1.40 bits per heavy atom. The predicted molar refractivity (Wildman–Crippen MR) is 85.0 cm³/mol. The van der Waals surface area contributed by atoms with E-state index in [1.165, 1.54) is 4.88 Å². The molecule has 5 nitrogen and oxygen atoms in total. The summed E-state index contributed by atoms with van der Waals surface area (Å²) < 4.78 is 2.55. The van der Waals surface area contributed by atoms with Gasteiger partial charge in [-0.05, 0) is 34.3 Å². The second-order valence-corrected chi connectivity index (χ2v) is 6.19. The molecule has 0 aromatic carbocycles. The van der Waals surface area contributed by atoms with Crippen LogP contribution in [0.5, 0.6) is 0 Å². The quantitative estimate of drug-likeness (QED) is 0.723. The minimum atomic E-state index is 0.787. The molecule has 0 fully saturated rings. The molecule has 7 heteroatoms. The SMILES string of the molecule is CCN(Cc1cccs1)c1ncnc2c1c(Br)nn2C. The number of thiophene rings is 1. The van der Waals surface area contributed by atoms with Crippen LogP contribution >= 0.6 is 27.3 Å². The van der Waals surface area contributed by atoms with E-state index in [1.54, 1.807) is 22.3 Å². The Bertz CT molecular complexity index is 722. The van der Waals surface area contributed by atoms with E-state index in [0.717, 1.165) is 34.5 Å². The fourth-order valence-corrected chi connectivity index (χ4v) is 3.51. The van der Waals surface area contributed by atoms with Crippen molar-refractivity contribution < 1.29 is 0 Å². The van der Waals surface area contributed by atoms with Crippen LogP contribution < -0.4 is 4.90 Å². The Kier molecular flexibility index (Phi) is 3.71. The van der Waals surface area contributed by atoms with Crippen molar-refractivity contribution in [2.45, 2.75) is 13.5 Å². The van der Waals surface area contributed by atoms with Gasteiger partial charge in [-0.25, -0.2) is 14.6 Å². The van der Waals surface area contributed by atoms with Crippen LogP contribution in [-0.2, 0) is 13.6 Å². The monoisotopic (exact) mass is 351 g/mol. The van der Waals surface area contributed by atoms with Gasteiger partial charge in [0.15, 0.2) is 5.65 Å². The third kappa shape index (κ3) is 2.31. The second-order valence-electron chi connectivity index (χ2n) is 4.40. The number of fused-ring (bicyclic) bond motifs is 1. The Morgan fingerprint density at radius 3 is 2.95 bits per heavy atom. The van der Waals surface area contributed by atoms with Crippen LogP contribution in [0.3, 0.4) is 0 Å². The molecule has 0 unspecified atom stereocenters. The van der Waals surface area contributed by atoms with Crippen molar-refractivity contribution in [3.8, 4) is 0 Å². The van der Waals surface area contributed by atoms with E-state index in [1.807, 2.05) is 7.05 Å². The molecule has 0 spiro atoms. The first-order chi connectivity index (χ1) is 9.70. The highest BCUT2D eigenvalue weighted by Crippen LogP contribution is 2.30. The molecule has 0 amide bonds. The third-order valence-corrected chi connectivity index (χ3v) is 4.58. The fraction of sp³-hybridized carbons (Fsp3) is 0.308. The van der Waals surface area contributed by atoms with E-state index in [9.17, 15) is 0 Å². The minimum absolute atomic E-state index is 0.787. The van der Waals surface area contributed by atoms with Crippen LogP contribution in [0.25, 0.3) is 11.0 Å². The molecule has 0 saturated carbocycles. The lowest BCUT2D eigenvalue weighted by Gasteiger charge is -2.21. The summed E-state index contributed by atoms with van der Waals surface area (Å²) in [5, 5.41) is 7.43. The van der Waals surface area contributed by atoms with E-state index in [4.69, 9.17) is 0 Å². The van der Waals surface area contributed by atoms with Crippen molar-refractivity contribution in [3.05, 3.63) is 33.3 Å². The standard InChI is InChI=1S/C13H14BrN5S/c1-3-19(7-9-5-4-6-20-9)13-10-11(14)17-18(2)12(10)15-8-16-13/h4-6,8H,3,7H2,1-2H3. The number of anilines is 1. The normalized spacial score (nSPS) is 11.2. The van der Waals surface area contributed by atoms with Gasteiger partial charge in [0.1, 0.15) is 16.7 Å². The highest BCUT2D eigenvalue weighted by molar-refractivity contribution is 9.10. The molecule has 20 heavy (non-hydrogen) atoms. The van der Waals surface area contributed by atoms with Crippen molar-refractivity contribution in [1.29, 1.82) is 0 Å². The second kappa shape index (κ2) is 5.49. The molecule has 0 bridgehead atoms. The number of hydrogen-bond donors (Lipinski definition) is 0.